The van der Waals surface area contributed by atoms with Crippen LogP contribution in [0.5, 0.6) is 0 Å². The highest BCUT2D eigenvalue weighted by atomic mass is 19.1. The van der Waals surface area contributed by atoms with Gasteiger partial charge in [0, 0.05) is 62.7 Å². The third kappa shape index (κ3) is 5.18. The monoisotopic (exact) mass is 427 g/mol. The molecule has 1 amide bonds. The van der Waals surface area contributed by atoms with Gasteiger partial charge < -0.3 is 14.7 Å². The zero-order chi connectivity index (χ0) is 21.8. The molecule has 0 aliphatic carbocycles. The van der Waals surface area contributed by atoms with E-state index in [-0.39, 0.29) is 11.5 Å². The molecule has 4 rings (SSSR count). The van der Waals surface area contributed by atoms with Crippen molar-refractivity contribution in [1.29, 1.82) is 0 Å². The third-order valence-corrected chi connectivity index (χ3v) is 5.75. The maximum Gasteiger partial charge on any atom is 0.246 e. The number of carbonyl (C=O) groups is 1. The Kier molecular flexibility index (Phi) is 6.44. The van der Waals surface area contributed by atoms with Crippen molar-refractivity contribution in [2.24, 2.45) is 0 Å². The summed E-state index contributed by atoms with van der Waals surface area (Å²) in [6, 6.07) is 5.22. The number of rotatable bonds is 4. The molecule has 0 atom stereocenters. The van der Waals surface area contributed by atoms with Crippen LogP contribution in [0, 0.1) is 18.6 Å². The maximum absolute atomic E-state index is 13.7. The molecular weight excluding hydrogens is 400 g/mol. The highest BCUT2D eigenvalue weighted by Gasteiger charge is 2.23. The molecule has 0 spiro atoms. The molecule has 1 aromatic carbocycles. The summed E-state index contributed by atoms with van der Waals surface area (Å²) >= 11 is 0. The number of piperazine rings is 1. The Bertz CT molecular complexity index is 966. The van der Waals surface area contributed by atoms with E-state index in [0.29, 0.717) is 32.1 Å². The predicted molar refractivity (Wildman–Crippen MR) is 117 cm³/mol. The minimum absolute atomic E-state index is 0.0605. The van der Waals surface area contributed by atoms with Gasteiger partial charge in [0.2, 0.25) is 11.9 Å². The molecule has 0 radical (unpaired) electrons. The normalized spacial score (nSPS) is 17.5. The molecule has 6 nitrogen and oxygen atoms in total. The molecule has 2 saturated heterocycles. The van der Waals surface area contributed by atoms with Crippen LogP contribution in [0.25, 0.3) is 6.08 Å². The number of carbonyl (C=O) groups excluding carboxylic acids is 1. The second-order valence-corrected chi connectivity index (χ2v) is 8.03. The number of halogens is 2. The number of benzene rings is 1. The Balaban J connectivity index is 1.38. The quantitative estimate of drug-likeness (QED) is 0.700. The Morgan fingerprint density at radius 2 is 1.68 bits per heavy atom. The van der Waals surface area contributed by atoms with Crippen molar-refractivity contribution in [3.05, 3.63) is 53.2 Å². The molecule has 2 aromatic rings. The Morgan fingerprint density at radius 1 is 0.935 bits per heavy atom. The van der Waals surface area contributed by atoms with E-state index in [0.717, 1.165) is 42.8 Å². The molecule has 3 heterocycles. The molecule has 8 heteroatoms. The van der Waals surface area contributed by atoms with Crippen molar-refractivity contribution in [1.82, 2.24) is 14.9 Å². The Hall–Kier alpha value is -3.03. The smallest absolute Gasteiger partial charge is 0.246 e. The molecular formula is C23H27F2N5O. The van der Waals surface area contributed by atoms with E-state index in [1.807, 2.05) is 13.0 Å². The number of nitrogens with zero attached hydrogens (tertiary/aromatic N) is 5. The fraction of sp³-hybridized carbons (Fsp3) is 0.435. The first kappa shape index (κ1) is 21.2. The van der Waals surface area contributed by atoms with Gasteiger partial charge >= 0.3 is 0 Å². The Morgan fingerprint density at radius 3 is 2.42 bits per heavy atom. The van der Waals surface area contributed by atoms with Gasteiger partial charge in [-0.3, -0.25) is 4.79 Å². The average Bonchev–Trinajstić information content (AvgIpc) is 2.80. The van der Waals surface area contributed by atoms with Crippen molar-refractivity contribution >= 4 is 23.7 Å². The topological polar surface area (TPSA) is 52.6 Å². The van der Waals surface area contributed by atoms with Crippen molar-refractivity contribution in [3.8, 4) is 0 Å². The number of aromatic nitrogens is 2. The van der Waals surface area contributed by atoms with Crippen LogP contribution < -0.4 is 9.80 Å². The van der Waals surface area contributed by atoms with Crippen molar-refractivity contribution < 1.29 is 13.6 Å². The van der Waals surface area contributed by atoms with Gasteiger partial charge in [0.25, 0.3) is 0 Å². The van der Waals surface area contributed by atoms with Crippen LogP contribution in [0.2, 0.25) is 0 Å². The van der Waals surface area contributed by atoms with E-state index >= 15 is 0 Å². The lowest BCUT2D eigenvalue weighted by molar-refractivity contribution is -0.126. The summed E-state index contributed by atoms with van der Waals surface area (Å²) in [6.07, 6.45) is 6.26. The van der Waals surface area contributed by atoms with E-state index in [2.05, 4.69) is 14.8 Å². The van der Waals surface area contributed by atoms with Crippen LogP contribution in [0.3, 0.4) is 0 Å². The second kappa shape index (κ2) is 9.41. The molecule has 0 N–H and O–H groups in total. The van der Waals surface area contributed by atoms with E-state index in [1.54, 1.807) is 4.90 Å². The van der Waals surface area contributed by atoms with Crippen molar-refractivity contribution in [2.45, 2.75) is 26.2 Å². The summed E-state index contributed by atoms with van der Waals surface area (Å²) in [5, 5.41) is 0. The highest BCUT2D eigenvalue weighted by Crippen LogP contribution is 2.22. The van der Waals surface area contributed by atoms with Gasteiger partial charge in [0.1, 0.15) is 17.5 Å². The number of anilines is 2. The third-order valence-electron chi connectivity index (χ3n) is 5.75. The van der Waals surface area contributed by atoms with Crippen molar-refractivity contribution in [2.75, 3.05) is 49.1 Å². The number of piperidine rings is 1. The fourth-order valence-corrected chi connectivity index (χ4v) is 4.00. The first-order chi connectivity index (χ1) is 15.0. The lowest BCUT2D eigenvalue weighted by Crippen LogP contribution is -2.49. The lowest BCUT2D eigenvalue weighted by atomic mass is 10.1. The standard InChI is InChI=1S/C23H27F2N5O/c1-17-15-21(28-9-3-2-4-10-28)27-23(26-17)30-13-11-29(12-14-30)22(31)8-5-18-16-19(24)6-7-20(18)25/h5-8,15-16H,2-4,9-14H2,1H3/b8-5+. The molecule has 2 fully saturated rings. The lowest BCUT2D eigenvalue weighted by Gasteiger charge is -2.35. The maximum atomic E-state index is 13.7. The summed E-state index contributed by atoms with van der Waals surface area (Å²) < 4.78 is 27.0. The fourth-order valence-electron chi connectivity index (χ4n) is 4.00. The predicted octanol–water partition coefficient (Wildman–Crippen LogP) is 3.42. The average molecular weight is 427 g/mol. The second-order valence-electron chi connectivity index (χ2n) is 8.03. The molecule has 164 valence electrons. The summed E-state index contributed by atoms with van der Waals surface area (Å²) in [5.74, 6) is 0.355. The number of aryl methyl sites for hydroxylation is 1. The van der Waals surface area contributed by atoms with Gasteiger partial charge in [-0.15, -0.1) is 0 Å². The molecule has 2 aliphatic heterocycles. The zero-order valence-corrected chi connectivity index (χ0v) is 17.7. The van der Waals surface area contributed by atoms with Gasteiger partial charge in [-0.2, -0.15) is 4.98 Å². The van der Waals surface area contributed by atoms with Crippen LogP contribution >= 0.6 is 0 Å². The summed E-state index contributed by atoms with van der Waals surface area (Å²) in [4.78, 5) is 28.0. The zero-order valence-electron chi connectivity index (χ0n) is 17.7. The molecule has 2 aliphatic rings. The van der Waals surface area contributed by atoms with Crippen LogP contribution in [-0.2, 0) is 4.79 Å². The van der Waals surface area contributed by atoms with Crippen LogP contribution in [0.4, 0.5) is 20.5 Å². The SMILES string of the molecule is Cc1cc(N2CCCCC2)nc(N2CCN(C(=O)/C=C/c3cc(F)ccc3F)CC2)n1. The molecule has 1 aromatic heterocycles. The van der Waals surface area contributed by atoms with Crippen LogP contribution in [0.15, 0.2) is 30.3 Å². The summed E-state index contributed by atoms with van der Waals surface area (Å²) in [6.45, 7) is 6.31. The minimum atomic E-state index is -0.559. The minimum Gasteiger partial charge on any atom is -0.356 e. The number of hydrogen-bond donors (Lipinski definition) is 0. The highest BCUT2D eigenvalue weighted by molar-refractivity contribution is 5.92. The molecule has 0 unspecified atom stereocenters. The number of amides is 1. The van der Waals surface area contributed by atoms with E-state index < -0.39 is 11.6 Å². The van der Waals surface area contributed by atoms with E-state index in [9.17, 15) is 13.6 Å². The first-order valence-corrected chi connectivity index (χ1v) is 10.8. The van der Waals surface area contributed by atoms with Crippen LogP contribution in [-0.4, -0.2) is 60.0 Å². The van der Waals surface area contributed by atoms with Gasteiger partial charge in [0.05, 0.1) is 0 Å². The summed E-state index contributed by atoms with van der Waals surface area (Å²) in [7, 11) is 0. The first-order valence-electron chi connectivity index (χ1n) is 10.8. The molecule has 0 saturated carbocycles. The molecule has 0 bridgehead atoms. The molecule has 31 heavy (non-hydrogen) atoms. The Labute approximate surface area is 181 Å². The summed E-state index contributed by atoms with van der Waals surface area (Å²) in [5.41, 5.74) is 0.995. The van der Waals surface area contributed by atoms with Crippen molar-refractivity contribution in [3.63, 3.8) is 0 Å². The van der Waals surface area contributed by atoms with E-state index in [4.69, 9.17) is 4.98 Å². The van der Waals surface area contributed by atoms with Gasteiger partial charge in [-0.05, 0) is 50.5 Å². The van der Waals surface area contributed by atoms with Crippen LogP contribution in [0.1, 0.15) is 30.5 Å². The van der Waals surface area contributed by atoms with E-state index in [1.165, 1.54) is 31.4 Å². The van der Waals surface area contributed by atoms with Gasteiger partial charge in [0.15, 0.2) is 0 Å². The van der Waals surface area contributed by atoms with Gasteiger partial charge in [-0.1, -0.05) is 0 Å². The van der Waals surface area contributed by atoms with Gasteiger partial charge in [-0.25, -0.2) is 13.8 Å². The number of hydrogen-bond acceptors (Lipinski definition) is 5. The largest absolute Gasteiger partial charge is 0.356 e.